The van der Waals surface area contributed by atoms with E-state index in [1.165, 1.54) is 12.1 Å². The Hall–Kier alpha value is -2.62. The van der Waals surface area contributed by atoms with Crippen LogP contribution in [0, 0.1) is 12.7 Å². The Balaban J connectivity index is 1.74. The number of ketones is 1. The van der Waals surface area contributed by atoms with Crippen molar-refractivity contribution in [3.63, 3.8) is 0 Å². The number of allylic oxidation sites excluding steroid dienone is 1. The molecule has 1 aliphatic heterocycles. The van der Waals surface area contributed by atoms with Crippen LogP contribution in [0.2, 0.25) is 0 Å². The number of ether oxygens (including phenoxy) is 2. The summed E-state index contributed by atoms with van der Waals surface area (Å²) >= 11 is 0. The van der Waals surface area contributed by atoms with Crippen molar-refractivity contribution in [2.45, 2.75) is 13.3 Å². The third-order valence-electron chi connectivity index (χ3n) is 4.08. The number of rotatable bonds is 1. The molecule has 4 heteroatoms. The number of fused-ring (bicyclic) bond motifs is 2. The number of carbonyl (C=O) groups excluding carboxylic acids is 1. The van der Waals surface area contributed by atoms with E-state index in [0.29, 0.717) is 29.1 Å². The molecule has 0 N–H and O–H groups in total. The molecule has 0 fully saturated rings. The van der Waals surface area contributed by atoms with Gasteiger partial charge in [-0.05, 0) is 54.0 Å². The fourth-order valence-corrected chi connectivity index (χ4v) is 2.91. The van der Waals surface area contributed by atoms with Crippen LogP contribution in [0.1, 0.15) is 27.0 Å². The van der Waals surface area contributed by atoms with Crippen molar-refractivity contribution in [1.82, 2.24) is 0 Å². The van der Waals surface area contributed by atoms with Gasteiger partial charge in [-0.3, -0.25) is 4.79 Å². The molecule has 4 rings (SSSR count). The van der Waals surface area contributed by atoms with Crippen molar-refractivity contribution in [1.29, 1.82) is 0 Å². The van der Waals surface area contributed by atoms with Crippen LogP contribution in [-0.4, -0.2) is 12.6 Å². The van der Waals surface area contributed by atoms with E-state index in [1.54, 1.807) is 12.1 Å². The lowest BCUT2D eigenvalue weighted by Crippen LogP contribution is -1.96. The first-order valence-corrected chi connectivity index (χ1v) is 7.06. The largest absolute Gasteiger partial charge is 0.454 e. The molecule has 110 valence electrons. The second-order valence-corrected chi connectivity index (χ2v) is 5.54. The molecule has 22 heavy (non-hydrogen) atoms. The lowest BCUT2D eigenvalue weighted by molar-refractivity contribution is 0.104. The maximum Gasteiger partial charge on any atom is 0.231 e. The fourth-order valence-electron chi connectivity index (χ4n) is 2.91. The second-order valence-electron chi connectivity index (χ2n) is 5.54. The minimum Gasteiger partial charge on any atom is -0.454 e. The van der Waals surface area contributed by atoms with Gasteiger partial charge in [0.1, 0.15) is 5.82 Å². The molecule has 2 aromatic rings. The molecule has 0 amide bonds. The number of hydrogen-bond acceptors (Lipinski definition) is 3. The van der Waals surface area contributed by atoms with Gasteiger partial charge < -0.3 is 9.47 Å². The quantitative estimate of drug-likeness (QED) is 0.753. The van der Waals surface area contributed by atoms with Crippen LogP contribution in [0.25, 0.3) is 6.08 Å². The van der Waals surface area contributed by atoms with E-state index in [2.05, 4.69) is 0 Å². The van der Waals surface area contributed by atoms with Gasteiger partial charge in [-0.15, -0.1) is 0 Å². The van der Waals surface area contributed by atoms with E-state index in [0.717, 1.165) is 16.7 Å². The molecule has 0 aromatic heterocycles. The fraction of sp³-hybridized carbons (Fsp3) is 0.167. The van der Waals surface area contributed by atoms with E-state index in [4.69, 9.17) is 9.47 Å². The van der Waals surface area contributed by atoms with E-state index in [-0.39, 0.29) is 18.4 Å². The standard InChI is InChI=1S/C18H13FO3/c1-10-4-14(19)3-2-11(10)5-13-6-12-7-16-17(22-9-21-16)8-15(12)18(13)20/h2-5,7-8H,6,9H2,1H3/b13-5+. The highest BCUT2D eigenvalue weighted by molar-refractivity contribution is 6.16. The first-order chi connectivity index (χ1) is 10.6. The highest BCUT2D eigenvalue weighted by Crippen LogP contribution is 2.39. The van der Waals surface area contributed by atoms with Gasteiger partial charge in [-0.25, -0.2) is 4.39 Å². The molecule has 0 bridgehead atoms. The van der Waals surface area contributed by atoms with Gasteiger partial charge in [0.25, 0.3) is 0 Å². The lowest BCUT2D eigenvalue weighted by Gasteiger charge is -2.02. The van der Waals surface area contributed by atoms with Crippen LogP contribution >= 0.6 is 0 Å². The topological polar surface area (TPSA) is 35.5 Å². The van der Waals surface area contributed by atoms with Gasteiger partial charge in [-0.2, -0.15) is 0 Å². The molecule has 1 heterocycles. The van der Waals surface area contributed by atoms with Gasteiger partial charge in [0.2, 0.25) is 6.79 Å². The van der Waals surface area contributed by atoms with Gasteiger partial charge >= 0.3 is 0 Å². The van der Waals surface area contributed by atoms with Crippen LogP contribution in [0.3, 0.4) is 0 Å². The molecule has 0 unspecified atom stereocenters. The number of carbonyl (C=O) groups is 1. The monoisotopic (exact) mass is 296 g/mol. The average Bonchev–Trinajstić information content (AvgIpc) is 3.05. The molecule has 0 radical (unpaired) electrons. The van der Waals surface area contributed by atoms with Crippen LogP contribution in [0.15, 0.2) is 35.9 Å². The van der Waals surface area contributed by atoms with Crippen molar-refractivity contribution in [3.8, 4) is 11.5 Å². The van der Waals surface area contributed by atoms with E-state index in [1.807, 2.05) is 19.1 Å². The highest BCUT2D eigenvalue weighted by Gasteiger charge is 2.28. The second kappa shape index (κ2) is 4.70. The van der Waals surface area contributed by atoms with Crippen molar-refractivity contribution in [3.05, 3.63) is 64.0 Å². The zero-order valence-corrected chi connectivity index (χ0v) is 12.0. The van der Waals surface area contributed by atoms with Crippen LogP contribution in [0.5, 0.6) is 11.5 Å². The molecule has 3 nitrogen and oxygen atoms in total. The molecule has 2 aromatic carbocycles. The predicted octanol–water partition coefficient (Wildman–Crippen LogP) is 3.69. The summed E-state index contributed by atoms with van der Waals surface area (Å²) in [6.45, 7) is 2.03. The maximum atomic E-state index is 13.2. The zero-order chi connectivity index (χ0) is 15.3. The number of aryl methyl sites for hydroxylation is 1. The first kappa shape index (κ1) is 13.1. The van der Waals surface area contributed by atoms with Crippen LogP contribution < -0.4 is 9.47 Å². The maximum absolute atomic E-state index is 13.2. The van der Waals surface area contributed by atoms with E-state index >= 15 is 0 Å². The molecular weight excluding hydrogens is 283 g/mol. The number of benzene rings is 2. The molecule has 0 atom stereocenters. The summed E-state index contributed by atoms with van der Waals surface area (Å²) in [6.07, 6.45) is 2.39. The predicted molar refractivity (Wildman–Crippen MR) is 79.7 cm³/mol. The summed E-state index contributed by atoms with van der Waals surface area (Å²) in [7, 11) is 0. The van der Waals surface area contributed by atoms with E-state index in [9.17, 15) is 9.18 Å². The van der Waals surface area contributed by atoms with Crippen LogP contribution in [0.4, 0.5) is 4.39 Å². The Bertz CT molecular complexity index is 836. The van der Waals surface area contributed by atoms with Gasteiger partial charge in [0, 0.05) is 17.6 Å². The minimum absolute atomic E-state index is 0.00275. The third-order valence-corrected chi connectivity index (χ3v) is 4.08. The Morgan fingerprint density at radius 1 is 1.14 bits per heavy atom. The summed E-state index contributed by atoms with van der Waals surface area (Å²) in [4.78, 5) is 12.5. The zero-order valence-electron chi connectivity index (χ0n) is 12.0. The molecule has 0 saturated carbocycles. The first-order valence-electron chi connectivity index (χ1n) is 7.06. The molecular formula is C18H13FO3. The van der Waals surface area contributed by atoms with Crippen LogP contribution in [-0.2, 0) is 6.42 Å². The number of hydrogen-bond donors (Lipinski definition) is 0. The smallest absolute Gasteiger partial charge is 0.231 e. The molecule has 0 spiro atoms. The Morgan fingerprint density at radius 3 is 2.68 bits per heavy atom. The SMILES string of the molecule is Cc1cc(F)ccc1/C=C1\Cc2cc3c(cc2C1=O)OCO3. The Kier molecular flexibility index (Phi) is 2.79. The van der Waals surface area contributed by atoms with E-state index < -0.39 is 0 Å². The average molecular weight is 296 g/mol. The molecule has 1 aliphatic carbocycles. The highest BCUT2D eigenvalue weighted by atomic mass is 19.1. The third kappa shape index (κ3) is 1.99. The van der Waals surface area contributed by atoms with Gasteiger partial charge in [0.15, 0.2) is 17.3 Å². The van der Waals surface area contributed by atoms with Crippen molar-refractivity contribution >= 4 is 11.9 Å². The Labute approximate surface area is 127 Å². The molecule has 2 aliphatic rings. The summed E-state index contributed by atoms with van der Waals surface area (Å²) in [5, 5.41) is 0. The lowest BCUT2D eigenvalue weighted by atomic mass is 10.0. The minimum atomic E-state index is -0.272. The summed E-state index contributed by atoms with van der Waals surface area (Å²) < 4.78 is 23.8. The van der Waals surface area contributed by atoms with Crippen molar-refractivity contribution in [2.24, 2.45) is 0 Å². The molecule has 0 saturated heterocycles. The number of halogens is 1. The van der Waals surface area contributed by atoms with Crippen molar-refractivity contribution < 1.29 is 18.7 Å². The summed E-state index contributed by atoms with van der Waals surface area (Å²) in [5.41, 5.74) is 3.98. The number of Topliss-reactive ketones (excluding diaryl/α,β-unsaturated/α-hetero) is 1. The van der Waals surface area contributed by atoms with Gasteiger partial charge in [0.05, 0.1) is 0 Å². The van der Waals surface area contributed by atoms with Gasteiger partial charge in [-0.1, -0.05) is 6.07 Å². The normalized spacial score (nSPS) is 17.2. The summed E-state index contributed by atoms with van der Waals surface area (Å²) in [5.74, 6) is 1.03. The summed E-state index contributed by atoms with van der Waals surface area (Å²) in [6, 6.07) is 8.18. The Morgan fingerprint density at radius 2 is 1.91 bits per heavy atom. The van der Waals surface area contributed by atoms with Crippen molar-refractivity contribution in [2.75, 3.05) is 6.79 Å².